The Morgan fingerprint density at radius 3 is 2.59 bits per heavy atom. The highest BCUT2D eigenvalue weighted by Crippen LogP contribution is 2.82. The molecule has 1 spiro atoms. The minimum absolute atomic E-state index is 0.360. The summed E-state index contributed by atoms with van der Waals surface area (Å²) in [4.78, 5) is 0. The molecule has 5 saturated carbocycles. The van der Waals surface area contributed by atoms with Crippen LogP contribution in [0.2, 0.25) is 0 Å². The Morgan fingerprint density at radius 2 is 1.89 bits per heavy atom. The molecule has 2 heteroatoms. The fourth-order valence-electron chi connectivity index (χ4n) is 10.2. The van der Waals surface area contributed by atoms with Crippen molar-refractivity contribution in [3.8, 4) is 0 Å². The summed E-state index contributed by atoms with van der Waals surface area (Å²) in [6.45, 7) is 8.17. The number of aliphatic hydroxyl groups excluding tert-OH is 1. The lowest BCUT2D eigenvalue weighted by Crippen LogP contribution is -2.57. The van der Waals surface area contributed by atoms with Gasteiger partial charge in [0.05, 0.1) is 6.10 Å². The second-order valence-electron chi connectivity index (χ2n) is 11.8. The smallest absolute Gasteiger partial charge is 0.0638 e. The van der Waals surface area contributed by atoms with Gasteiger partial charge in [0, 0.05) is 19.1 Å². The average molecular weight is 375 g/mol. The van der Waals surface area contributed by atoms with Crippen LogP contribution >= 0.6 is 0 Å². The van der Waals surface area contributed by atoms with Gasteiger partial charge in [-0.2, -0.15) is 0 Å². The largest absolute Gasteiger partial charge is 0.396 e. The lowest BCUT2D eigenvalue weighted by atomic mass is 9.45. The highest BCUT2D eigenvalue weighted by Gasteiger charge is 2.77. The van der Waals surface area contributed by atoms with Crippen LogP contribution < -0.4 is 0 Å². The van der Waals surface area contributed by atoms with Crippen molar-refractivity contribution in [2.75, 3.05) is 13.7 Å². The maximum Gasteiger partial charge on any atom is 0.0638 e. The molecule has 0 amide bonds. The fourth-order valence-corrected chi connectivity index (χ4v) is 10.2. The number of methoxy groups -OCH3 is 1. The summed E-state index contributed by atoms with van der Waals surface area (Å²) in [6, 6.07) is 0. The van der Waals surface area contributed by atoms with Gasteiger partial charge in [-0.1, -0.05) is 20.8 Å². The number of rotatable bonds is 5. The molecule has 154 valence electrons. The molecular formula is C25H42O2. The summed E-state index contributed by atoms with van der Waals surface area (Å²) < 4.78 is 6.24. The Morgan fingerprint density at radius 1 is 1.07 bits per heavy atom. The van der Waals surface area contributed by atoms with E-state index in [1.165, 1.54) is 57.8 Å². The SMILES string of the molecule is CO[C@@H]1C[C@H]2[C@@H]3CC[C@H]([C@H](C)CCCO)[C@@]3(C)CC[C@@H]2[C@@]2(C)CC[C@@H]3C[C@]312. The van der Waals surface area contributed by atoms with E-state index in [4.69, 9.17) is 4.74 Å². The molecule has 1 N–H and O–H groups in total. The molecule has 5 fully saturated rings. The Balaban J connectivity index is 1.42. The topological polar surface area (TPSA) is 29.5 Å². The number of ether oxygens (including phenoxy) is 1. The van der Waals surface area contributed by atoms with E-state index in [1.807, 2.05) is 7.11 Å². The predicted octanol–water partition coefficient (Wildman–Crippen LogP) is 5.68. The van der Waals surface area contributed by atoms with E-state index in [0.717, 1.165) is 41.9 Å². The van der Waals surface area contributed by atoms with Crippen molar-refractivity contribution in [3.05, 3.63) is 0 Å². The van der Waals surface area contributed by atoms with Gasteiger partial charge >= 0.3 is 0 Å². The van der Waals surface area contributed by atoms with E-state index in [9.17, 15) is 5.11 Å². The van der Waals surface area contributed by atoms with Crippen molar-refractivity contribution >= 4 is 0 Å². The molecule has 27 heavy (non-hydrogen) atoms. The Labute approximate surface area is 166 Å². The molecule has 0 saturated heterocycles. The second-order valence-corrected chi connectivity index (χ2v) is 11.8. The zero-order valence-electron chi connectivity index (χ0n) is 18.2. The van der Waals surface area contributed by atoms with E-state index >= 15 is 0 Å². The number of hydrogen-bond acceptors (Lipinski definition) is 2. The summed E-state index contributed by atoms with van der Waals surface area (Å²) >= 11 is 0. The maximum absolute atomic E-state index is 9.30. The molecule has 0 aromatic heterocycles. The van der Waals surface area contributed by atoms with Crippen LogP contribution in [-0.2, 0) is 4.74 Å². The molecule has 2 nitrogen and oxygen atoms in total. The van der Waals surface area contributed by atoms with E-state index in [2.05, 4.69) is 20.8 Å². The van der Waals surface area contributed by atoms with Gasteiger partial charge in [-0.05, 0) is 111 Å². The van der Waals surface area contributed by atoms with E-state index < -0.39 is 0 Å². The summed E-state index contributed by atoms with van der Waals surface area (Å²) in [5.41, 5.74) is 1.66. The standard InChI is InChI=1S/C25H42O2/c1-16(6-5-13-26)19-7-8-20-18-14-22(27-4)25-15-17(25)9-12-24(25,3)21(18)10-11-23(19,20)2/h16-22,26H,5-15H2,1-4H3/t16-,17-,18+,19-,20+,21+,22-,23-,24-,25+/m1/s1. The average Bonchev–Trinajstić information content (AvgIpc) is 3.16. The van der Waals surface area contributed by atoms with Gasteiger partial charge in [-0.15, -0.1) is 0 Å². The minimum atomic E-state index is 0.360. The van der Waals surface area contributed by atoms with Gasteiger partial charge < -0.3 is 9.84 Å². The van der Waals surface area contributed by atoms with Crippen molar-refractivity contribution in [2.45, 2.75) is 91.1 Å². The van der Waals surface area contributed by atoms with Gasteiger partial charge in [0.2, 0.25) is 0 Å². The summed E-state index contributed by atoms with van der Waals surface area (Å²) in [6.07, 6.45) is 14.3. The highest BCUT2D eigenvalue weighted by molar-refractivity contribution is 5.26. The van der Waals surface area contributed by atoms with E-state index in [-0.39, 0.29) is 0 Å². The lowest BCUT2D eigenvalue weighted by molar-refractivity contribution is -0.161. The number of hydrogen-bond donors (Lipinski definition) is 1. The molecule has 0 bridgehead atoms. The molecule has 0 aromatic carbocycles. The van der Waals surface area contributed by atoms with Gasteiger partial charge in [-0.25, -0.2) is 0 Å². The van der Waals surface area contributed by atoms with Crippen molar-refractivity contribution < 1.29 is 9.84 Å². The van der Waals surface area contributed by atoms with Gasteiger partial charge in [0.15, 0.2) is 0 Å². The molecule has 0 radical (unpaired) electrons. The van der Waals surface area contributed by atoms with E-state index in [0.29, 0.717) is 29.0 Å². The molecule has 0 aliphatic heterocycles. The molecule has 10 atom stereocenters. The van der Waals surface area contributed by atoms with Gasteiger partial charge in [-0.3, -0.25) is 0 Å². The van der Waals surface area contributed by atoms with Crippen molar-refractivity contribution in [3.63, 3.8) is 0 Å². The monoisotopic (exact) mass is 374 g/mol. The van der Waals surface area contributed by atoms with Crippen LogP contribution in [-0.4, -0.2) is 24.9 Å². The quantitative estimate of drug-likeness (QED) is 0.671. The van der Waals surface area contributed by atoms with Crippen LogP contribution in [0.3, 0.4) is 0 Å². The van der Waals surface area contributed by atoms with Crippen molar-refractivity contribution in [2.24, 2.45) is 51.8 Å². The summed E-state index contributed by atoms with van der Waals surface area (Å²) in [7, 11) is 2.00. The zero-order chi connectivity index (χ0) is 19.0. The molecule has 0 aromatic rings. The predicted molar refractivity (Wildman–Crippen MR) is 109 cm³/mol. The first-order valence-electron chi connectivity index (χ1n) is 12.1. The first-order valence-corrected chi connectivity index (χ1v) is 12.1. The molecule has 0 unspecified atom stereocenters. The zero-order valence-corrected chi connectivity index (χ0v) is 18.2. The first kappa shape index (κ1) is 18.9. The molecule has 0 heterocycles. The third-order valence-electron chi connectivity index (χ3n) is 11.4. The van der Waals surface area contributed by atoms with Gasteiger partial charge in [0.25, 0.3) is 0 Å². The van der Waals surface area contributed by atoms with Crippen LogP contribution in [0.15, 0.2) is 0 Å². The second kappa shape index (κ2) is 6.21. The summed E-state index contributed by atoms with van der Waals surface area (Å²) in [5.74, 6) is 5.40. The Hall–Kier alpha value is -0.0800. The maximum atomic E-state index is 9.30. The molecule has 5 aliphatic rings. The Kier molecular flexibility index (Phi) is 4.35. The highest BCUT2D eigenvalue weighted by atomic mass is 16.5. The normalized spacial score (nSPS) is 56.8. The number of aliphatic hydroxyl groups is 1. The van der Waals surface area contributed by atoms with Crippen molar-refractivity contribution in [1.29, 1.82) is 0 Å². The molecule has 5 rings (SSSR count). The van der Waals surface area contributed by atoms with Crippen LogP contribution in [0.4, 0.5) is 0 Å². The minimum Gasteiger partial charge on any atom is -0.396 e. The first-order chi connectivity index (χ1) is 12.9. The third-order valence-corrected chi connectivity index (χ3v) is 11.4. The lowest BCUT2D eigenvalue weighted by Gasteiger charge is -2.61. The number of fused-ring (bicyclic) bond motifs is 4. The van der Waals surface area contributed by atoms with Crippen molar-refractivity contribution in [1.82, 2.24) is 0 Å². The molecular weight excluding hydrogens is 332 g/mol. The molecule has 5 aliphatic carbocycles. The van der Waals surface area contributed by atoms with Crippen LogP contribution in [0.5, 0.6) is 0 Å². The Bertz CT molecular complexity index is 589. The fraction of sp³-hybridized carbons (Fsp3) is 1.00. The van der Waals surface area contributed by atoms with Crippen LogP contribution in [0.1, 0.15) is 85.0 Å². The third kappa shape index (κ3) is 2.26. The van der Waals surface area contributed by atoms with Gasteiger partial charge in [0.1, 0.15) is 0 Å². The van der Waals surface area contributed by atoms with Crippen LogP contribution in [0.25, 0.3) is 0 Å². The van der Waals surface area contributed by atoms with E-state index in [1.54, 1.807) is 0 Å². The van der Waals surface area contributed by atoms with Crippen LogP contribution in [0, 0.1) is 51.8 Å². The summed E-state index contributed by atoms with van der Waals surface area (Å²) in [5, 5.41) is 9.30.